The van der Waals surface area contributed by atoms with Crippen LogP contribution in [0.4, 0.5) is 17.3 Å². The third kappa shape index (κ3) is 16.1. The van der Waals surface area contributed by atoms with Gasteiger partial charge in [-0.25, -0.2) is 0 Å². The molecule has 70 valence electrons. The van der Waals surface area contributed by atoms with Crippen LogP contribution in [0.2, 0.25) is 0 Å². The molecule has 6 heteroatoms. The smallest absolute Gasteiger partial charge is 0.418 e. The van der Waals surface area contributed by atoms with Crippen molar-refractivity contribution in [3.8, 4) is 6.07 Å². The summed E-state index contributed by atoms with van der Waals surface area (Å²) in [5.74, 6) is 0.736. The van der Waals surface area contributed by atoms with Crippen molar-refractivity contribution in [2.75, 3.05) is 6.54 Å². The Bertz CT molecular complexity index is 170. The Balaban J connectivity index is 0.000000217. The van der Waals surface area contributed by atoms with Gasteiger partial charge in [0.05, 0.1) is 5.92 Å². The van der Waals surface area contributed by atoms with Gasteiger partial charge in [-0.2, -0.15) is 0 Å². The molecule has 0 unspecified atom stereocenters. The minimum atomic E-state index is -6.00. The highest BCUT2D eigenvalue weighted by atomic mass is 19.5. The van der Waals surface area contributed by atoms with E-state index in [1.54, 1.807) is 0 Å². The molecule has 0 atom stereocenters. The fourth-order valence-corrected chi connectivity index (χ4v) is 0.433. The van der Waals surface area contributed by atoms with Gasteiger partial charge in [-0.3, -0.25) is 0 Å². The van der Waals surface area contributed by atoms with E-state index in [9.17, 15) is 17.3 Å². The third-order valence-corrected chi connectivity index (χ3v) is 1.01. The lowest BCUT2D eigenvalue weighted by atomic mass is 10.3. The van der Waals surface area contributed by atoms with E-state index in [0.29, 0.717) is 0 Å². The van der Waals surface area contributed by atoms with Crippen LogP contribution >= 0.6 is 0 Å². The van der Waals surface area contributed by atoms with Gasteiger partial charge in [-0.15, -0.1) is 0 Å². The average Bonchev–Trinajstić information content (AvgIpc) is 2.61. The quantitative estimate of drug-likeness (QED) is 0.401. The fraction of sp³-hybridized carbons (Fsp3) is 0.833. The molecule has 1 saturated carbocycles. The van der Waals surface area contributed by atoms with Crippen LogP contribution in [0.5, 0.6) is 0 Å². The lowest BCUT2D eigenvalue weighted by molar-refractivity contribution is 0.368. The summed E-state index contributed by atoms with van der Waals surface area (Å²) in [5.41, 5.74) is 0. The minimum Gasteiger partial charge on any atom is -0.418 e. The maximum absolute atomic E-state index is 9.75. The lowest BCUT2D eigenvalue weighted by Gasteiger charge is -1.94. The van der Waals surface area contributed by atoms with E-state index in [-0.39, 0.29) is 0 Å². The van der Waals surface area contributed by atoms with E-state index in [1.165, 1.54) is 12.8 Å². The molecule has 0 bridgehead atoms. The van der Waals surface area contributed by atoms with Crippen LogP contribution in [0.3, 0.4) is 0 Å². The van der Waals surface area contributed by atoms with Gasteiger partial charge in [0.25, 0.3) is 12.6 Å². The molecule has 0 aromatic rings. The van der Waals surface area contributed by atoms with Crippen molar-refractivity contribution < 1.29 is 17.3 Å². The first-order valence-electron chi connectivity index (χ1n) is 3.72. The molecule has 0 aromatic carbocycles. The second-order valence-corrected chi connectivity index (χ2v) is 2.37. The Morgan fingerprint density at radius 3 is 2.00 bits per heavy atom. The summed E-state index contributed by atoms with van der Waals surface area (Å²) >= 11 is 0. The maximum atomic E-state index is 9.75. The van der Waals surface area contributed by atoms with Crippen LogP contribution in [0, 0.1) is 12.0 Å². The Labute approximate surface area is 68.7 Å². The molecule has 0 spiro atoms. The van der Waals surface area contributed by atoms with Crippen molar-refractivity contribution in [2.24, 2.45) is 5.92 Å². The van der Waals surface area contributed by atoms with E-state index in [4.69, 9.17) is 0 Å². The van der Waals surface area contributed by atoms with Crippen LogP contribution in [-0.4, -0.2) is 13.8 Å². The average molecular weight is 183 g/mol. The Morgan fingerprint density at radius 2 is 1.75 bits per heavy atom. The molecule has 12 heavy (non-hydrogen) atoms. The number of halogens is 4. The standard InChI is InChI=1S/C6H10N.BF4/c1-2-7-5-6-3-4-6;2-1(3,4)5/h6H,2-4H2,1H3;/q+1;-1. The summed E-state index contributed by atoms with van der Waals surface area (Å²) in [7, 11) is -6.00. The molecule has 1 nitrogen and oxygen atoms in total. The van der Waals surface area contributed by atoms with Crippen LogP contribution < -0.4 is 0 Å². The zero-order chi connectivity index (χ0) is 9.61. The number of rotatable bonds is 0. The Morgan fingerprint density at radius 1 is 1.33 bits per heavy atom. The Hall–Kier alpha value is -0.725. The molecule has 0 N–H and O–H groups in total. The van der Waals surface area contributed by atoms with E-state index in [0.717, 1.165) is 12.5 Å². The highest BCUT2D eigenvalue weighted by Gasteiger charge is 2.24. The first kappa shape index (κ1) is 11.3. The number of hydrogen-bond donors (Lipinski definition) is 0. The number of nitrogens with zero attached hydrogens (tertiary/aromatic N) is 1. The van der Waals surface area contributed by atoms with Gasteiger partial charge in [0, 0.05) is 6.92 Å². The van der Waals surface area contributed by atoms with Crippen LogP contribution in [0.1, 0.15) is 19.8 Å². The van der Waals surface area contributed by atoms with Crippen LogP contribution in [-0.2, 0) is 0 Å². The van der Waals surface area contributed by atoms with Crippen molar-refractivity contribution in [1.29, 1.82) is 0 Å². The monoisotopic (exact) mass is 183 g/mol. The first-order valence-corrected chi connectivity index (χ1v) is 3.72. The van der Waals surface area contributed by atoms with Crippen molar-refractivity contribution in [2.45, 2.75) is 19.8 Å². The minimum absolute atomic E-state index is 0.736. The largest absolute Gasteiger partial charge is 0.673 e. The van der Waals surface area contributed by atoms with Crippen molar-refractivity contribution >= 4 is 7.25 Å². The summed E-state index contributed by atoms with van der Waals surface area (Å²) in [5, 5.41) is 0. The Kier molecular flexibility index (Phi) is 4.71. The molecule has 1 rings (SSSR count). The highest BCUT2D eigenvalue weighted by Crippen LogP contribution is 2.27. The molecule has 0 aromatic heterocycles. The fourth-order valence-electron chi connectivity index (χ4n) is 0.433. The lowest BCUT2D eigenvalue weighted by Crippen LogP contribution is -2.02. The summed E-state index contributed by atoms with van der Waals surface area (Å²) in [6, 6.07) is 3.03. The molecular formula is C6H10BF4N. The predicted molar refractivity (Wildman–Crippen MR) is 40.7 cm³/mol. The van der Waals surface area contributed by atoms with E-state index < -0.39 is 7.25 Å². The molecule has 1 fully saturated rings. The second kappa shape index (κ2) is 5.02. The first-order chi connectivity index (χ1) is 5.43. The molecular weight excluding hydrogens is 173 g/mol. The van der Waals surface area contributed by atoms with Crippen LogP contribution in [0.25, 0.3) is 4.85 Å². The van der Waals surface area contributed by atoms with Crippen molar-refractivity contribution in [3.05, 3.63) is 4.85 Å². The summed E-state index contributed by atoms with van der Waals surface area (Å²) in [4.78, 5) is 3.98. The molecule has 0 saturated heterocycles. The maximum Gasteiger partial charge on any atom is 0.673 e. The van der Waals surface area contributed by atoms with Crippen LogP contribution in [0.15, 0.2) is 0 Å². The van der Waals surface area contributed by atoms with Gasteiger partial charge in [0.15, 0.2) is 0 Å². The third-order valence-electron chi connectivity index (χ3n) is 1.01. The summed E-state index contributed by atoms with van der Waals surface area (Å²) in [6.07, 6.45) is 2.65. The zero-order valence-corrected chi connectivity index (χ0v) is 6.74. The van der Waals surface area contributed by atoms with Gasteiger partial charge >= 0.3 is 7.25 Å². The molecule has 0 amide bonds. The zero-order valence-electron chi connectivity index (χ0n) is 6.74. The summed E-state index contributed by atoms with van der Waals surface area (Å²) < 4.78 is 39.0. The van der Waals surface area contributed by atoms with Gasteiger partial charge in [0.2, 0.25) is 0 Å². The molecule has 1 aliphatic carbocycles. The molecule has 0 aliphatic heterocycles. The highest BCUT2D eigenvalue weighted by molar-refractivity contribution is 6.50. The van der Waals surface area contributed by atoms with Crippen molar-refractivity contribution in [3.63, 3.8) is 0 Å². The van der Waals surface area contributed by atoms with Gasteiger partial charge in [-0.1, -0.05) is 4.85 Å². The van der Waals surface area contributed by atoms with Gasteiger partial charge in [-0.05, 0) is 12.8 Å². The van der Waals surface area contributed by atoms with E-state index >= 15 is 0 Å². The van der Waals surface area contributed by atoms with Crippen molar-refractivity contribution in [1.82, 2.24) is 0 Å². The SMILES string of the molecule is CC[N+]#CC1CC1.F[B-](F)(F)F. The summed E-state index contributed by atoms with van der Waals surface area (Å²) in [6.45, 7) is 2.94. The normalized spacial score (nSPS) is 15.4. The van der Waals surface area contributed by atoms with E-state index in [2.05, 4.69) is 10.9 Å². The molecule has 0 radical (unpaired) electrons. The predicted octanol–water partition coefficient (Wildman–Crippen LogP) is 3.05. The second-order valence-electron chi connectivity index (χ2n) is 2.37. The van der Waals surface area contributed by atoms with Gasteiger partial charge < -0.3 is 17.3 Å². The molecule has 1 aliphatic rings. The topological polar surface area (TPSA) is 4.36 Å². The molecule has 0 heterocycles. The van der Waals surface area contributed by atoms with Gasteiger partial charge in [0.1, 0.15) is 0 Å². The number of hydrogen-bond acceptors (Lipinski definition) is 0. The van der Waals surface area contributed by atoms with E-state index in [1.807, 2.05) is 6.92 Å².